The van der Waals surface area contributed by atoms with Gasteiger partial charge in [-0.05, 0) is 30.7 Å². The van der Waals surface area contributed by atoms with E-state index in [4.69, 9.17) is 4.74 Å². The van der Waals surface area contributed by atoms with Crippen LogP contribution in [-0.4, -0.2) is 46.6 Å². The molecular weight excluding hydrogens is 288 g/mol. The molecule has 0 amide bonds. The molecule has 0 saturated heterocycles. The molecule has 0 spiro atoms. The minimum atomic E-state index is -3.45. The summed E-state index contributed by atoms with van der Waals surface area (Å²) >= 11 is 0. The molecule has 0 bridgehead atoms. The molecule has 0 saturated carbocycles. The number of nitrogens with zero attached hydrogens (tertiary/aromatic N) is 1. The summed E-state index contributed by atoms with van der Waals surface area (Å²) in [7, 11) is 0.0150. The fourth-order valence-corrected chi connectivity index (χ4v) is 4.06. The van der Waals surface area contributed by atoms with E-state index in [0.29, 0.717) is 31.1 Å². The Morgan fingerprint density at radius 3 is 2.71 bits per heavy atom. The van der Waals surface area contributed by atoms with Gasteiger partial charge >= 0.3 is 0 Å². The predicted octanol–water partition coefficient (Wildman–Crippen LogP) is 1.37. The summed E-state index contributed by atoms with van der Waals surface area (Å²) in [5.74, 6) is 0. The van der Waals surface area contributed by atoms with Gasteiger partial charge in [0.1, 0.15) is 0 Å². The van der Waals surface area contributed by atoms with Crippen LogP contribution in [0.3, 0.4) is 0 Å². The third-order valence-electron chi connectivity index (χ3n) is 3.55. The van der Waals surface area contributed by atoms with E-state index < -0.39 is 10.0 Å². The lowest BCUT2D eigenvalue weighted by Crippen LogP contribution is -2.36. The number of benzene rings is 1. The van der Waals surface area contributed by atoms with Gasteiger partial charge in [0, 0.05) is 26.7 Å². The first-order chi connectivity index (χ1) is 10.1. The summed E-state index contributed by atoms with van der Waals surface area (Å²) in [6.07, 6.45) is 2.67. The lowest BCUT2D eigenvalue weighted by Gasteiger charge is -2.26. The smallest absolute Gasteiger partial charge is 0.243 e. The zero-order chi connectivity index (χ0) is 15.3. The fourth-order valence-electron chi connectivity index (χ4n) is 2.46. The lowest BCUT2D eigenvalue weighted by atomic mass is 10.1. The highest BCUT2D eigenvalue weighted by Gasteiger charge is 2.27. The van der Waals surface area contributed by atoms with Crippen LogP contribution in [0.1, 0.15) is 12.0 Å². The Morgan fingerprint density at radius 2 is 2.10 bits per heavy atom. The van der Waals surface area contributed by atoms with Gasteiger partial charge in [-0.3, -0.25) is 0 Å². The molecule has 1 N–H and O–H groups in total. The maximum atomic E-state index is 12.8. The van der Waals surface area contributed by atoms with Gasteiger partial charge in [-0.15, -0.1) is 0 Å². The normalized spacial score (nSPS) is 16.8. The number of hydrogen-bond acceptors (Lipinski definition) is 4. The molecule has 0 atom stereocenters. The van der Waals surface area contributed by atoms with Crippen molar-refractivity contribution in [2.24, 2.45) is 0 Å². The molecule has 1 aromatic rings. The number of methoxy groups -OCH3 is 1. The van der Waals surface area contributed by atoms with Gasteiger partial charge in [-0.1, -0.05) is 24.3 Å². The second kappa shape index (κ2) is 7.17. The Hall–Kier alpha value is -1.21. The summed E-state index contributed by atoms with van der Waals surface area (Å²) in [5.41, 5.74) is 1.96. The first-order valence-corrected chi connectivity index (χ1v) is 8.43. The molecule has 1 heterocycles. The lowest BCUT2D eigenvalue weighted by molar-refractivity contribution is 0.219. The number of nitrogens with one attached hydrogen (secondary N) is 1. The number of ether oxygens (including phenoxy) is 1. The molecule has 1 aliphatic rings. The van der Waals surface area contributed by atoms with E-state index >= 15 is 0 Å². The largest absolute Gasteiger partial charge is 0.380 e. The zero-order valence-electron chi connectivity index (χ0n) is 12.5. The van der Waals surface area contributed by atoms with E-state index in [1.807, 2.05) is 25.3 Å². The van der Waals surface area contributed by atoms with Gasteiger partial charge in [0.2, 0.25) is 10.0 Å². The van der Waals surface area contributed by atoms with E-state index in [0.717, 1.165) is 17.6 Å². The molecule has 0 fully saturated rings. The van der Waals surface area contributed by atoms with Crippen LogP contribution in [0.4, 0.5) is 0 Å². The fraction of sp³-hybridized carbons (Fsp3) is 0.467. The molecule has 1 aromatic carbocycles. The van der Waals surface area contributed by atoms with Gasteiger partial charge in [0.05, 0.1) is 11.5 Å². The molecule has 1 aliphatic heterocycles. The third-order valence-corrected chi connectivity index (χ3v) is 5.52. The van der Waals surface area contributed by atoms with Gasteiger partial charge < -0.3 is 10.1 Å². The van der Waals surface area contributed by atoms with Crippen LogP contribution >= 0.6 is 0 Å². The average molecular weight is 310 g/mol. The molecule has 5 nitrogen and oxygen atoms in total. The van der Waals surface area contributed by atoms with Crippen LogP contribution in [0, 0.1) is 0 Å². The highest BCUT2D eigenvalue weighted by atomic mass is 32.2. The van der Waals surface area contributed by atoms with Crippen molar-refractivity contribution in [3.8, 4) is 0 Å². The maximum absolute atomic E-state index is 12.8. The summed E-state index contributed by atoms with van der Waals surface area (Å²) < 4.78 is 32.2. The SMILES string of the molecule is CNCc1ccccc1S(=O)(=O)N1CC=C(COC)CC1. The predicted molar refractivity (Wildman–Crippen MR) is 82.5 cm³/mol. The van der Waals surface area contributed by atoms with Crippen molar-refractivity contribution in [3.63, 3.8) is 0 Å². The topological polar surface area (TPSA) is 58.6 Å². The minimum Gasteiger partial charge on any atom is -0.380 e. The Morgan fingerprint density at radius 1 is 1.33 bits per heavy atom. The van der Waals surface area contributed by atoms with E-state index in [1.165, 1.54) is 4.31 Å². The Kier molecular flexibility index (Phi) is 5.52. The van der Waals surface area contributed by atoms with E-state index in [9.17, 15) is 8.42 Å². The minimum absolute atomic E-state index is 0.392. The molecule has 21 heavy (non-hydrogen) atoms. The molecular formula is C15H22N2O3S. The number of hydrogen-bond donors (Lipinski definition) is 1. The van der Waals surface area contributed by atoms with Crippen LogP contribution in [0.5, 0.6) is 0 Å². The van der Waals surface area contributed by atoms with Gasteiger partial charge in [-0.2, -0.15) is 4.31 Å². The van der Waals surface area contributed by atoms with Crippen LogP contribution in [0.15, 0.2) is 40.8 Å². The van der Waals surface area contributed by atoms with Crippen molar-refractivity contribution in [3.05, 3.63) is 41.5 Å². The molecule has 0 aliphatic carbocycles. The Bertz CT molecular complexity index is 611. The second-order valence-electron chi connectivity index (χ2n) is 5.05. The highest BCUT2D eigenvalue weighted by Crippen LogP contribution is 2.23. The highest BCUT2D eigenvalue weighted by molar-refractivity contribution is 7.89. The van der Waals surface area contributed by atoms with Crippen LogP contribution in [0.25, 0.3) is 0 Å². The Balaban J connectivity index is 2.24. The van der Waals surface area contributed by atoms with Crippen LogP contribution in [-0.2, 0) is 21.3 Å². The first-order valence-electron chi connectivity index (χ1n) is 6.99. The van der Waals surface area contributed by atoms with Gasteiger partial charge in [-0.25, -0.2) is 8.42 Å². The van der Waals surface area contributed by atoms with E-state index in [1.54, 1.807) is 19.2 Å². The third kappa shape index (κ3) is 3.71. The zero-order valence-corrected chi connectivity index (χ0v) is 13.3. The summed E-state index contributed by atoms with van der Waals surface area (Å²) in [6.45, 7) is 2.03. The maximum Gasteiger partial charge on any atom is 0.243 e. The van der Waals surface area contributed by atoms with Crippen LogP contribution < -0.4 is 5.32 Å². The molecule has 116 valence electrons. The molecule has 6 heteroatoms. The summed E-state index contributed by atoms with van der Waals surface area (Å²) in [4.78, 5) is 0.392. The van der Waals surface area contributed by atoms with Gasteiger partial charge in [0.15, 0.2) is 0 Å². The molecule has 2 rings (SSSR count). The number of sulfonamides is 1. The standard InChI is InChI=1S/C15H22N2O3S/c1-16-11-14-5-3-4-6-15(14)21(18,19)17-9-7-13(8-10-17)12-20-2/h3-7,16H,8-12H2,1-2H3. The van der Waals surface area contributed by atoms with E-state index in [2.05, 4.69) is 5.32 Å². The summed E-state index contributed by atoms with van der Waals surface area (Å²) in [5, 5.41) is 3.01. The van der Waals surface area contributed by atoms with Crippen molar-refractivity contribution >= 4 is 10.0 Å². The van der Waals surface area contributed by atoms with Crippen molar-refractivity contribution in [1.82, 2.24) is 9.62 Å². The molecule has 0 unspecified atom stereocenters. The van der Waals surface area contributed by atoms with Crippen molar-refractivity contribution < 1.29 is 13.2 Å². The van der Waals surface area contributed by atoms with Crippen LogP contribution in [0.2, 0.25) is 0 Å². The molecule has 0 radical (unpaired) electrons. The summed E-state index contributed by atoms with van der Waals surface area (Å²) in [6, 6.07) is 7.15. The van der Waals surface area contributed by atoms with Crippen molar-refractivity contribution in [1.29, 1.82) is 0 Å². The van der Waals surface area contributed by atoms with E-state index in [-0.39, 0.29) is 0 Å². The average Bonchev–Trinajstić information content (AvgIpc) is 2.49. The van der Waals surface area contributed by atoms with Crippen molar-refractivity contribution in [2.45, 2.75) is 17.9 Å². The first kappa shape index (κ1) is 16.2. The Labute approximate surface area is 126 Å². The molecule has 0 aromatic heterocycles. The number of rotatable bonds is 6. The second-order valence-corrected chi connectivity index (χ2v) is 6.95. The monoisotopic (exact) mass is 310 g/mol. The quantitative estimate of drug-likeness (QED) is 0.806. The van der Waals surface area contributed by atoms with Crippen molar-refractivity contribution in [2.75, 3.05) is 33.9 Å². The van der Waals surface area contributed by atoms with Gasteiger partial charge in [0.25, 0.3) is 0 Å².